The van der Waals surface area contributed by atoms with Gasteiger partial charge in [-0.15, -0.1) is 0 Å². The van der Waals surface area contributed by atoms with Crippen molar-refractivity contribution in [2.24, 2.45) is 0 Å². The molecule has 1 aromatic heterocycles. The van der Waals surface area contributed by atoms with Crippen molar-refractivity contribution in [3.05, 3.63) is 85.7 Å². The Morgan fingerprint density at radius 2 is 1.65 bits per heavy atom. The highest BCUT2D eigenvalue weighted by atomic mass is 16.6. The fourth-order valence-corrected chi connectivity index (χ4v) is 2.70. The molecule has 0 spiro atoms. The number of nitro groups is 2. The average molecular weight is 423 g/mol. The zero-order valence-corrected chi connectivity index (χ0v) is 16.4. The number of nitro benzene ring substituents is 1. The summed E-state index contributed by atoms with van der Waals surface area (Å²) in [7, 11) is 0. The number of carbonyl (C=O) groups is 1. The minimum Gasteiger partial charge on any atom is -0.334 e. The molecule has 12 heteroatoms. The number of rotatable bonds is 7. The Hall–Kier alpha value is -4.61. The van der Waals surface area contributed by atoms with Gasteiger partial charge in [0.15, 0.2) is 0 Å². The van der Waals surface area contributed by atoms with Gasteiger partial charge in [-0.2, -0.15) is 0 Å². The largest absolute Gasteiger partial charge is 0.355 e. The molecule has 0 radical (unpaired) electrons. The molecular weight excluding hydrogens is 406 g/mol. The first-order chi connectivity index (χ1) is 14.8. The van der Waals surface area contributed by atoms with E-state index in [1.165, 1.54) is 24.3 Å². The van der Waals surface area contributed by atoms with Crippen LogP contribution in [0.25, 0.3) is 0 Å². The number of hydrogen-bond donors (Lipinski definition) is 3. The highest BCUT2D eigenvalue weighted by Crippen LogP contribution is 2.31. The lowest BCUT2D eigenvalue weighted by Crippen LogP contribution is -2.30. The fraction of sp³-hybridized carbons (Fsp3) is 0.105. The Kier molecular flexibility index (Phi) is 6.00. The predicted molar refractivity (Wildman–Crippen MR) is 112 cm³/mol. The molecule has 0 bridgehead atoms. The van der Waals surface area contributed by atoms with Crippen molar-refractivity contribution in [3.63, 3.8) is 0 Å². The third-order valence-corrected chi connectivity index (χ3v) is 4.41. The van der Waals surface area contributed by atoms with Crippen LogP contribution in [-0.4, -0.2) is 25.7 Å². The van der Waals surface area contributed by atoms with Gasteiger partial charge in [0.1, 0.15) is 11.9 Å². The summed E-state index contributed by atoms with van der Waals surface area (Å²) in [5, 5.41) is 25.6. The standard InChI is InChI=1S/C19H17N7O5/c1-11-7-8-13(9-12(11)2)22-17-16(26(30)31)18(21-10-20-17)23-24-19(27)14-5-3-4-6-15(14)25(28)29/h3-10H,1-2H3,(H,24,27)(H2,20,21,22,23). The van der Waals surface area contributed by atoms with Crippen molar-refractivity contribution in [1.29, 1.82) is 0 Å². The number of hydrogen-bond acceptors (Lipinski definition) is 9. The van der Waals surface area contributed by atoms with Crippen molar-refractivity contribution in [1.82, 2.24) is 15.4 Å². The van der Waals surface area contributed by atoms with E-state index in [1.54, 1.807) is 6.07 Å². The molecule has 3 rings (SSSR count). The zero-order chi connectivity index (χ0) is 22.5. The second-order valence-electron chi connectivity index (χ2n) is 6.45. The SMILES string of the molecule is Cc1ccc(Nc2ncnc(NNC(=O)c3ccccc3[N+](=O)[O-])c2[N+](=O)[O-])cc1C. The van der Waals surface area contributed by atoms with Gasteiger partial charge in [0.25, 0.3) is 11.6 Å². The van der Waals surface area contributed by atoms with E-state index >= 15 is 0 Å². The normalized spacial score (nSPS) is 10.3. The molecule has 0 aliphatic carbocycles. The van der Waals surface area contributed by atoms with Gasteiger partial charge in [-0.05, 0) is 43.2 Å². The molecule has 2 aromatic carbocycles. The predicted octanol–water partition coefficient (Wildman–Crippen LogP) is 3.41. The molecule has 0 fully saturated rings. The first-order valence-corrected chi connectivity index (χ1v) is 8.91. The van der Waals surface area contributed by atoms with Crippen LogP contribution in [0.4, 0.5) is 28.7 Å². The molecular formula is C19H17N7O5. The number of nitrogens with one attached hydrogen (secondary N) is 3. The lowest BCUT2D eigenvalue weighted by atomic mass is 10.1. The molecule has 3 aromatic rings. The highest BCUT2D eigenvalue weighted by Gasteiger charge is 2.25. The Balaban J connectivity index is 1.86. The molecule has 0 unspecified atom stereocenters. The highest BCUT2D eigenvalue weighted by molar-refractivity contribution is 5.98. The van der Waals surface area contributed by atoms with Crippen LogP contribution < -0.4 is 16.2 Å². The van der Waals surface area contributed by atoms with Crippen LogP contribution in [0.2, 0.25) is 0 Å². The van der Waals surface area contributed by atoms with Crippen LogP contribution in [0.5, 0.6) is 0 Å². The summed E-state index contributed by atoms with van der Waals surface area (Å²) >= 11 is 0. The first-order valence-electron chi connectivity index (χ1n) is 8.91. The molecule has 1 heterocycles. The number of hydrazine groups is 1. The number of aromatic nitrogens is 2. The second kappa shape index (κ2) is 8.82. The lowest BCUT2D eigenvalue weighted by molar-refractivity contribution is -0.385. The number of amides is 1. The molecule has 1 amide bonds. The summed E-state index contributed by atoms with van der Waals surface area (Å²) in [6.45, 7) is 3.84. The molecule has 12 nitrogen and oxygen atoms in total. The topological polar surface area (TPSA) is 165 Å². The fourth-order valence-electron chi connectivity index (χ4n) is 2.70. The van der Waals surface area contributed by atoms with Crippen LogP contribution in [0, 0.1) is 34.1 Å². The summed E-state index contributed by atoms with van der Waals surface area (Å²) in [5.74, 6) is -1.24. The van der Waals surface area contributed by atoms with Gasteiger partial charge in [-0.1, -0.05) is 18.2 Å². The summed E-state index contributed by atoms with van der Waals surface area (Å²) in [5.41, 5.74) is 6.04. The van der Waals surface area contributed by atoms with Gasteiger partial charge in [0.05, 0.1) is 9.85 Å². The molecule has 0 saturated heterocycles. The monoisotopic (exact) mass is 423 g/mol. The summed E-state index contributed by atoms with van der Waals surface area (Å²) in [6, 6.07) is 10.7. The third-order valence-electron chi connectivity index (χ3n) is 4.41. The van der Waals surface area contributed by atoms with E-state index in [-0.39, 0.29) is 17.2 Å². The molecule has 0 atom stereocenters. The van der Waals surface area contributed by atoms with Crippen LogP contribution >= 0.6 is 0 Å². The number of para-hydroxylation sites is 1. The van der Waals surface area contributed by atoms with E-state index in [1.807, 2.05) is 26.0 Å². The van der Waals surface area contributed by atoms with Crippen LogP contribution in [-0.2, 0) is 0 Å². The number of carbonyl (C=O) groups excluding carboxylic acids is 1. The molecule has 0 saturated carbocycles. The van der Waals surface area contributed by atoms with Gasteiger partial charge >= 0.3 is 5.69 Å². The summed E-state index contributed by atoms with van der Waals surface area (Å²) in [6.07, 6.45) is 1.08. The Labute approximate surface area is 175 Å². The minimum atomic E-state index is -0.858. The lowest BCUT2D eigenvalue weighted by Gasteiger charge is -2.12. The second-order valence-corrected chi connectivity index (χ2v) is 6.45. The van der Waals surface area contributed by atoms with Crippen molar-refractivity contribution in [3.8, 4) is 0 Å². The Bertz CT molecular complexity index is 1180. The number of anilines is 3. The van der Waals surface area contributed by atoms with Crippen molar-refractivity contribution < 1.29 is 14.6 Å². The van der Waals surface area contributed by atoms with Gasteiger partial charge < -0.3 is 5.32 Å². The van der Waals surface area contributed by atoms with E-state index in [9.17, 15) is 25.0 Å². The maximum atomic E-state index is 12.4. The van der Waals surface area contributed by atoms with E-state index in [0.29, 0.717) is 5.69 Å². The van der Waals surface area contributed by atoms with Crippen LogP contribution in [0.15, 0.2) is 48.8 Å². The van der Waals surface area contributed by atoms with E-state index < -0.39 is 27.1 Å². The third kappa shape index (κ3) is 4.70. The quantitative estimate of drug-likeness (QED) is 0.381. The number of nitrogens with zero attached hydrogens (tertiary/aromatic N) is 4. The van der Waals surface area contributed by atoms with Gasteiger partial charge in [-0.3, -0.25) is 35.9 Å². The molecule has 0 aliphatic heterocycles. The first kappa shape index (κ1) is 21.1. The summed E-state index contributed by atoms with van der Waals surface area (Å²) < 4.78 is 0. The number of benzene rings is 2. The van der Waals surface area contributed by atoms with E-state index in [2.05, 4.69) is 26.1 Å². The van der Waals surface area contributed by atoms with Gasteiger partial charge in [0.2, 0.25) is 11.6 Å². The molecule has 3 N–H and O–H groups in total. The summed E-state index contributed by atoms with van der Waals surface area (Å²) in [4.78, 5) is 41.4. The maximum absolute atomic E-state index is 12.4. The Morgan fingerprint density at radius 1 is 0.935 bits per heavy atom. The molecule has 31 heavy (non-hydrogen) atoms. The number of aryl methyl sites for hydroxylation is 2. The van der Waals surface area contributed by atoms with Crippen molar-refractivity contribution in [2.75, 3.05) is 10.7 Å². The van der Waals surface area contributed by atoms with Crippen LogP contribution in [0.3, 0.4) is 0 Å². The van der Waals surface area contributed by atoms with Gasteiger partial charge in [-0.25, -0.2) is 9.97 Å². The van der Waals surface area contributed by atoms with E-state index in [4.69, 9.17) is 0 Å². The Morgan fingerprint density at radius 3 is 2.32 bits per heavy atom. The smallest absolute Gasteiger partial charge is 0.334 e. The molecule has 158 valence electrons. The molecule has 0 aliphatic rings. The van der Waals surface area contributed by atoms with Crippen molar-refractivity contribution >= 4 is 34.6 Å². The minimum absolute atomic E-state index is 0.0920. The maximum Gasteiger partial charge on any atom is 0.355 e. The van der Waals surface area contributed by atoms with E-state index in [0.717, 1.165) is 17.5 Å². The zero-order valence-electron chi connectivity index (χ0n) is 16.4. The average Bonchev–Trinajstić information content (AvgIpc) is 2.74. The van der Waals surface area contributed by atoms with Gasteiger partial charge in [0, 0.05) is 11.8 Å². The van der Waals surface area contributed by atoms with Crippen molar-refractivity contribution in [2.45, 2.75) is 13.8 Å². The van der Waals surface area contributed by atoms with Crippen LogP contribution in [0.1, 0.15) is 21.5 Å².